The molecular formula is C39H37Cl2N5O4. The van der Waals surface area contributed by atoms with E-state index in [2.05, 4.69) is 14.6 Å². The molecule has 1 amide bonds. The molecular weight excluding hydrogens is 673 g/mol. The molecule has 11 heteroatoms. The van der Waals surface area contributed by atoms with Gasteiger partial charge >= 0.3 is 5.97 Å². The van der Waals surface area contributed by atoms with Crippen LogP contribution in [0.25, 0.3) is 32.9 Å². The zero-order chi connectivity index (χ0) is 35.6. The molecule has 0 bridgehead atoms. The Morgan fingerprint density at radius 3 is 2.42 bits per heavy atom. The minimum atomic E-state index is -1.20. The van der Waals surface area contributed by atoms with E-state index < -0.39 is 5.97 Å². The highest BCUT2D eigenvalue weighted by atomic mass is 35.5. The molecule has 6 aromatic rings. The van der Waals surface area contributed by atoms with Crippen molar-refractivity contribution in [2.75, 3.05) is 18.1 Å². The smallest absolute Gasteiger partial charge is 0.356 e. The number of ether oxygens (including phenoxy) is 1. The molecule has 3 aromatic heterocycles. The number of carboxylic acid groups (broad SMARTS) is 1. The number of nitrogens with zero attached hydrogens (tertiary/aromatic N) is 5. The first-order valence-electron chi connectivity index (χ1n) is 16.6. The van der Waals surface area contributed by atoms with Crippen LogP contribution in [-0.2, 0) is 13.5 Å². The van der Waals surface area contributed by atoms with E-state index in [1.165, 1.54) is 0 Å². The molecule has 1 aliphatic rings. The molecule has 3 aromatic carbocycles. The standard InChI is InChI=1S/C39H37Cl2N5O4/c1-20-16-26(17-21(2)34(20)41)50-15-9-11-27-28-13-14-29(40)33(32-23(4)43-44(6)24(32)5)36(28)46-22(3)19-45(38(47)37(27)46)31-18-25-10-7-8-12-30(25)42-35(31)39(48)49/h7-8,10,12-14,16-18,22H,9,11,15,19H2,1-6H3,(H,48,49)/t22-/m1/s1. The van der Waals surface area contributed by atoms with Crippen molar-refractivity contribution in [2.45, 2.75) is 53.5 Å². The summed E-state index contributed by atoms with van der Waals surface area (Å²) in [6.45, 7) is 10.6. The van der Waals surface area contributed by atoms with Crippen LogP contribution in [0.3, 0.4) is 0 Å². The number of carboxylic acids is 1. The molecule has 1 aliphatic heterocycles. The first-order chi connectivity index (χ1) is 23.9. The van der Waals surface area contributed by atoms with E-state index in [0.717, 1.165) is 66.3 Å². The van der Waals surface area contributed by atoms with Crippen LogP contribution in [0.4, 0.5) is 5.69 Å². The molecule has 1 atom stereocenters. The summed E-state index contributed by atoms with van der Waals surface area (Å²) in [5, 5.41) is 17.9. The summed E-state index contributed by atoms with van der Waals surface area (Å²) >= 11 is 13.4. The number of hydrogen-bond acceptors (Lipinski definition) is 5. The topological polar surface area (TPSA) is 102 Å². The van der Waals surface area contributed by atoms with Crippen molar-refractivity contribution in [1.82, 2.24) is 19.3 Å². The fraction of sp³-hybridized carbons (Fsp3) is 0.282. The summed E-state index contributed by atoms with van der Waals surface area (Å²) in [5.74, 6) is -0.745. The van der Waals surface area contributed by atoms with Gasteiger partial charge in [0.25, 0.3) is 5.91 Å². The molecule has 0 spiro atoms. The van der Waals surface area contributed by atoms with E-state index in [4.69, 9.17) is 27.9 Å². The maximum atomic E-state index is 14.9. The Hall–Kier alpha value is -4.86. The van der Waals surface area contributed by atoms with Crippen molar-refractivity contribution < 1.29 is 19.4 Å². The van der Waals surface area contributed by atoms with Crippen molar-refractivity contribution in [3.8, 4) is 16.9 Å². The second-order valence-corrected chi connectivity index (χ2v) is 13.9. The van der Waals surface area contributed by atoms with Crippen LogP contribution < -0.4 is 9.64 Å². The second kappa shape index (κ2) is 12.8. The minimum absolute atomic E-state index is 0.164. The Morgan fingerprint density at radius 1 is 1.02 bits per heavy atom. The lowest BCUT2D eigenvalue weighted by Gasteiger charge is -2.34. The highest BCUT2D eigenvalue weighted by Gasteiger charge is 2.38. The van der Waals surface area contributed by atoms with Crippen molar-refractivity contribution in [2.24, 2.45) is 7.05 Å². The van der Waals surface area contributed by atoms with Gasteiger partial charge in [0.1, 0.15) is 11.4 Å². The predicted octanol–water partition coefficient (Wildman–Crippen LogP) is 9.06. The highest BCUT2D eigenvalue weighted by molar-refractivity contribution is 6.35. The number of benzene rings is 3. The molecule has 7 rings (SSSR count). The molecule has 50 heavy (non-hydrogen) atoms. The number of aromatic nitrogens is 4. The molecule has 0 fully saturated rings. The van der Waals surface area contributed by atoms with Gasteiger partial charge in [-0.1, -0.05) is 47.5 Å². The lowest BCUT2D eigenvalue weighted by atomic mass is 9.98. The van der Waals surface area contributed by atoms with Gasteiger partial charge in [-0.25, -0.2) is 9.78 Å². The Balaban J connectivity index is 1.38. The van der Waals surface area contributed by atoms with Crippen molar-refractivity contribution in [3.05, 3.63) is 104 Å². The van der Waals surface area contributed by atoms with Crippen molar-refractivity contribution >= 4 is 62.6 Å². The molecule has 0 saturated heterocycles. The Morgan fingerprint density at radius 2 is 1.74 bits per heavy atom. The summed E-state index contributed by atoms with van der Waals surface area (Å²) < 4.78 is 10.1. The summed E-state index contributed by atoms with van der Waals surface area (Å²) in [5.41, 5.74) is 8.33. The quantitative estimate of drug-likeness (QED) is 0.158. The van der Waals surface area contributed by atoms with Crippen LogP contribution >= 0.6 is 23.2 Å². The van der Waals surface area contributed by atoms with Gasteiger partial charge in [-0.05, 0) is 94.5 Å². The number of fused-ring (bicyclic) bond motifs is 4. The number of hydrogen-bond donors (Lipinski definition) is 1. The number of rotatable bonds is 8. The summed E-state index contributed by atoms with van der Waals surface area (Å²) in [6, 6.07) is 16.6. The SMILES string of the molecule is Cc1cc(OCCCc2c3n(c4c(-c5c(C)nn(C)c5C)c(Cl)ccc24)[C@H](C)CN(c2cc4ccccc4nc2C(=O)O)C3=O)cc(C)c1Cl. The average Bonchev–Trinajstić information content (AvgIpc) is 3.55. The van der Waals surface area contributed by atoms with Gasteiger partial charge in [0.05, 0.1) is 34.0 Å². The number of halogens is 2. The monoisotopic (exact) mass is 709 g/mol. The van der Waals surface area contributed by atoms with E-state index in [0.29, 0.717) is 35.7 Å². The maximum absolute atomic E-state index is 14.9. The van der Waals surface area contributed by atoms with E-state index in [1.54, 1.807) is 17.0 Å². The average molecular weight is 711 g/mol. The molecule has 0 saturated carbocycles. The molecule has 0 radical (unpaired) electrons. The number of pyridine rings is 1. The normalized spacial score (nSPS) is 14.5. The van der Waals surface area contributed by atoms with Gasteiger partial charge in [-0.3, -0.25) is 9.48 Å². The zero-order valence-corrected chi connectivity index (χ0v) is 30.3. The zero-order valence-electron chi connectivity index (χ0n) is 28.8. The number of carbonyl (C=O) groups is 2. The number of aromatic carboxylic acids is 1. The Labute approximate surface area is 300 Å². The summed E-state index contributed by atoms with van der Waals surface area (Å²) in [4.78, 5) is 33.5. The first kappa shape index (κ1) is 33.6. The van der Waals surface area contributed by atoms with Gasteiger partial charge < -0.3 is 19.3 Å². The highest BCUT2D eigenvalue weighted by Crippen LogP contribution is 2.45. The van der Waals surface area contributed by atoms with E-state index >= 15 is 0 Å². The van der Waals surface area contributed by atoms with E-state index in [1.807, 2.05) is 88.8 Å². The fourth-order valence-corrected chi connectivity index (χ4v) is 7.76. The maximum Gasteiger partial charge on any atom is 0.356 e. The molecule has 0 unspecified atom stereocenters. The van der Waals surface area contributed by atoms with Gasteiger partial charge in [0.15, 0.2) is 5.69 Å². The van der Waals surface area contributed by atoms with Crippen LogP contribution in [0.1, 0.15) is 68.4 Å². The number of anilines is 1. The number of para-hydroxylation sites is 1. The molecule has 1 N–H and O–H groups in total. The van der Waals surface area contributed by atoms with Crippen LogP contribution in [0.15, 0.2) is 54.6 Å². The van der Waals surface area contributed by atoms with Crippen LogP contribution in [0.2, 0.25) is 10.0 Å². The first-order valence-corrected chi connectivity index (χ1v) is 17.3. The third-order valence-electron chi connectivity index (χ3n) is 9.76. The lowest BCUT2D eigenvalue weighted by molar-refractivity contribution is 0.0691. The molecule has 4 heterocycles. The predicted molar refractivity (Wildman–Crippen MR) is 198 cm³/mol. The van der Waals surface area contributed by atoms with Gasteiger partial charge in [0.2, 0.25) is 0 Å². The fourth-order valence-electron chi connectivity index (χ4n) is 7.40. The minimum Gasteiger partial charge on any atom is -0.494 e. The molecule has 256 valence electrons. The van der Waals surface area contributed by atoms with Gasteiger partial charge in [-0.15, -0.1) is 0 Å². The lowest BCUT2D eigenvalue weighted by Crippen LogP contribution is -2.43. The molecule has 0 aliphatic carbocycles. The Kier molecular flexibility index (Phi) is 8.60. The summed E-state index contributed by atoms with van der Waals surface area (Å²) in [7, 11) is 1.91. The number of aryl methyl sites for hydroxylation is 5. The van der Waals surface area contributed by atoms with Crippen molar-refractivity contribution in [3.63, 3.8) is 0 Å². The Bertz CT molecular complexity index is 2350. The van der Waals surface area contributed by atoms with E-state index in [-0.39, 0.29) is 29.9 Å². The van der Waals surface area contributed by atoms with Gasteiger partial charge in [-0.2, -0.15) is 5.10 Å². The van der Waals surface area contributed by atoms with Crippen LogP contribution in [-0.4, -0.2) is 49.5 Å². The van der Waals surface area contributed by atoms with Gasteiger partial charge in [0, 0.05) is 52.3 Å². The van der Waals surface area contributed by atoms with E-state index in [9.17, 15) is 14.7 Å². The number of carbonyl (C=O) groups excluding carboxylic acids is 1. The van der Waals surface area contributed by atoms with Crippen LogP contribution in [0, 0.1) is 27.7 Å². The molecule has 9 nitrogen and oxygen atoms in total. The second-order valence-electron chi connectivity index (χ2n) is 13.1. The largest absolute Gasteiger partial charge is 0.494 e. The summed E-state index contributed by atoms with van der Waals surface area (Å²) in [6.07, 6.45) is 1.15. The van der Waals surface area contributed by atoms with Crippen molar-refractivity contribution in [1.29, 1.82) is 0 Å². The third-order valence-corrected chi connectivity index (χ3v) is 10.7. The number of amides is 1. The van der Waals surface area contributed by atoms with Crippen LogP contribution in [0.5, 0.6) is 5.75 Å². The third kappa shape index (κ3) is 5.49.